The number of aromatic carboxylic acids is 1. The highest BCUT2D eigenvalue weighted by molar-refractivity contribution is 5.88. The summed E-state index contributed by atoms with van der Waals surface area (Å²) in [5, 5.41) is 9.21. The topological polar surface area (TPSA) is 94.2 Å². The van der Waals surface area contributed by atoms with E-state index in [1.807, 2.05) is 13.8 Å². The fourth-order valence-corrected chi connectivity index (χ4v) is 2.01. The average molecular weight is 277 g/mol. The van der Waals surface area contributed by atoms with Gasteiger partial charge < -0.3 is 5.11 Å². The molecule has 2 rings (SSSR count). The quantitative estimate of drug-likeness (QED) is 0.879. The number of rotatable bonds is 3. The van der Waals surface area contributed by atoms with E-state index in [1.54, 1.807) is 0 Å². The minimum absolute atomic E-state index is 0.117. The molecule has 106 valence electrons. The zero-order chi connectivity index (χ0) is 15.0. The SMILES string of the molecule is CC(C)Cn1c(=O)n(C)c(=O)c2ccc(C(=O)O)nc21. The van der Waals surface area contributed by atoms with Gasteiger partial charge in [-0.1, -0.05) is 13.8 Å². The summed E-state index contributed by atoms with van der Waals surface area (Å²) in [4.78, 5) is 39.1. The van der Waals surface area contributed by atoms with Crippen LogP contribution in [0.25, 0.3) is 11.0 Å². The van der Waals surface area contributed by atoms with Gasteiger partial charge in [-0.05, 0) is 18.1 Å². The number of aromatic nitrogens is 3. The number of nitrogens with zero attached hydrogens (tertiary/aromatic N) is 3. The molecule has 0 amide bonds. The highest BCUT2D eigenvalue weighted by Gasteiger charge is 2.15. The molecule has 0 bridgehead atoms. The standard InChI is InChI=1S/C13H15N3O4/c1-7(2)6-16-10-8(11(17)15(3)13(16)20)4-5-9(14-10)12(18)19/h4-5,7H,6H2,1-3H3,(H,18,19). The van der Waals surface area contributed by atoms with Crippen LogP contribution < -0.4 is 11.2 Å². The molecule has 2 aromatic heterocycles. The first-order valence-electron chi connectivity index (χ1n) is 6.16. The molecule has 0 radical (unpaired) electrons. The van der Waals surface area contributed by atoms with Gasteiger partial charge in [-0.2, -0.15) is 0 Å². The fraction of sp³-hybridized carbons (Fsp3) is 0.385. The average Bonchev–Trinajstić information content (AvgIpc) is 2.40. The van der Waals surface area contributed by atoms with Gasteiger partial charge in [0.05, 0.1) is 5.39 Å². The Balaban J connectivity index is 2.92. The van der Waals surface area contributed by atoms with Gasteiger partial charge in [-0.25, -0.2) is 14.6 Å². The molecule has 0 aliphatic heterocycles. The summed E-state index contributed by atoms with van der Waals surface area (Å²) >= 11 is 0. The first-order valence-corrected chi connectivity index (χ1v) is 6.16. The molecule has 0 fully saturated rings. The minimum atomic E-state index is -1.20. The van der Waals surface area contributed by atoms with Crippen LogP contribution in [0, 0.1) is 5.92 Å². The van der Waals surface area contributed by atoms with Gasteiger partial charge in [0, 0.05) is 13.6 Å². The Morgan fingerprint density at radius 2 is 2.00 bits per heavy atom. The van der Waals surface area contributed by atoms with Crippen molar-refractivity contribution in [1.82, 2.24) is 14.1 Å². The van der Waals surface area contributed by atoms with Crippen LogP contribution in [-0.2, 0) is 13.6 Å². The third-order valence-electron chi connectivity index (χ3n) is 2.95. The summed E-state index contributed by atoms with van der Waals surface area (Å²) in [5.74, 6) is -1.04. The Bertz CT molecular complexity index is 802. The minimum Gasteiger partial charge on any atom is -0.477 e. The van der Waals surface area contributed by atoms with E-state index < -0.39 is 17.2 Å². The van der Waals surface area contributed by atoms with E-state index in [9.17, 15) is 14.4 Å². The van der Waals surface area contributed by atoms with Crippen molar-refractivity contribution in [3.05, 3.63) is 38.7 Å². The molecule has 0 atom stereocenters. The second-order valence-electron chi connectivity index (χ2n) is 5.02. The highest BCUT2D eigenvalue weighted by atomic mass is 16.4. The van der Waals surface area contributed by atoms with Crippen molar-refractivity contribution in [1.29, 1.82) is 0 Å². The van der Waals surface area contributed by atoms with Crippen LogP contribution in [0.4, 0.5) is 0 Å². The molecular formula is C13H15N3O4. The van der Waals surface area contributed by atoms with Crippen molar-refractivity contribution >= 4 is 17.0 Å². The maximum absolute atomic E-state index is 12.2. The summed E-state index contributed by atoms with van der Waals surface area (Å²) in [5.41, 5.74) is -1.05. The van der Waals surface area contributed by atoms with E-state index in [0.29, 0.717) is 6.54 Å². The van der Waals surface area contributed by atoms with Gasteiger partial charge in [0.1, 0.15) is 0 Å². The Hall–Kier alpha value is -2.44. The Morgan fingerprint density at radius 1 is 1.35 bits per heavy atom. The molecule has 0 saturated heterocycles. The van der Waals surface area contributed by atoms with E-state index in [2.05, 4.69) is 4.98 Å². The number of hydrogen-bond acceptors (Lipinski definition) is 4. The molecule has 20 heavy (non-hydrogen) atoms. The van der Waals surface area contributed by atoms with Crippen LogP contribution in [0.3, 0.4) is 0 Å². The van der Waals surface area contributed by atoms with Crippen molar-refractivity contribution in [3.63, 3.8) is 0 Å². The molecule has 0 spiro atoms. The van der Waals surface area contributed by atoms with Gasteiger partial charge >= 0.3 is 11.7 Å². The molecule has 0 aliphatic rings. The Labute approximate surface area is 114 Å². The van der Waals surface area contributed by atoms with Crippen LogP contribution in [0.5, 0.6) is 0 Å². The van der Waals surface area contributed by atoms with Crippen molar-refractivity contribution in [3.8, 4) is 0 Å². The van der Waals surface area contributed by atoms with Crippen LogP contribution >= 0.6 is 0 Å². The van der Waals surface area contributed by atoms with Gasteiger partial charge in [0.2, 0.25) is 0 Å². The molecule has 2 heterocycles. The Morgan fingerprint density at radius 3 is 2.55 bits per heavy atom. The van der Waals surface area contributed by atoms with Gasteiger partial charge in [0.25, 0.3) is 5.56 Å². The molecule has 2 aromatic rings. The number of fused-ring (bicyclic) bond motifs is 1. The predicted octanol–water partition coefficient (Wildman–Crippen LogP) is 0.449. The molecule has 0 aromatic carbocycles. The second kappa shape index (κ2) is 4.92. The predicted molar refractivity (Wildman–Crippen MR) is 73.0 cm³/mol. The largest absolute Gasteiger partial charge is 0.477 e. The lowest BCUT2D eigenvalue weighted by Crippen LogP contribution is -2.39. The highest BCUT2D eigenvalue weighted by Crippen LogP contribution is 2.09. The monoisotopic (exact) mass is 277 g/mol. The van der Waals surface area contributed by atoms with Crippen molar-refractivity contribution < 1.29 is 9.90 Å². The zero-order valence-corrected chi connectivity index (χ0v) is 11.5. The van der Waals surface area contributed by atoms with E-state index in [-0.39, 0.29) is 22.6 Å². The van der Waals surface area contributed by atoms with Gasteiger partial charge in [-0.3, -0.25) is 13.9 Å². The molecule has 0 aliphatic carbocycles. The molecule has 0 saturated carbocycles. The normalized spacial score (nSPS) is 11.2. The summed E-state index contributed by atoms with van der Waals surface area (Å²) in [7, 11) is 1.39. The van der Waals surface area contributed by atoms with Crippen LogP contribution in [0.1, 0.15) is 24.3 Å². The van der Waals surface area contributed by atoms with Crippen LogP contribution in [-0.4, -0.2) is 25.2 Å². The van der Waals surface area contributed by atoms with E-state index in [0.717, 1.165) is 4.57 Å². The van der Waals surface area contributed by atoms with E-state index in [1.165, 1.54) is 23.7 Å². The molecule has 7 nitrogen and oxygen atoms in total. The van der Waals surface area contributed by atoms with E-state index >= 15 is 0 Å². The lowest BCUT2D eigenvalue weighted by Gasteiger charge is -2.13. The third kappa shape index (κ3) is 2.22. The van der Waals surface area contributed by atoms with Crippen LogP contribution in [0.2, 0.25) is 0 Å². The first kappa shape index (κ1) is 14.0. The summed E-state index contributed by atoms with van der Waals surface area (Å²) in [6.07, 6.45) is 0. The van der Waals surface area contributed by atoms with Crippen molar-refractivity contribution in [2.75, 3.05) is 0 Å². The lowest BCUT2D eigenvalue weighted by atomic mass is 10.2. The Kier molecular flexibility index (Phi) is 3.44. The van der Waals surface area contributed by atoms with Crippen LogP contribution in [0.15, 0.2) is 21.7 Å². The van der Waals surface area contributed by atoms with Gasteiger partial charge in [0.15, 0.2) is 11.3 Å². The maximum atomic E-state index is 12.2. The maximum Gasteiger partial charge on any atom is 0.354 e. The number of carboxylic acid groups (broad SMARTS) is 1. The molecule has 1 N–H and O–H groups in total. The van der Waals surface area contributed by atoms with Gasteiger partial charge in [-0.15, -0.1) is 0 Å². The van der Waals surface area contributed by atoms with Crippen molar-refractivity contribution in [2.45, 2.75) is 20.4 Å². The smallest absolute Gasteiger partial charge is 0.354 e. The number of carbonyl (C=O) groups is 1. The zero-order valence-electron chi connectivity index (χ0n) is 11.5. The number of hydrogen-bond donors (Lipinski definition) is 1. The summed E-state index contributed by atoms with van der Waals surface area (Å²) < 4.78 is 2.35. The number of pyridine rings is 1. The van der Waals surface area contributed by atoms with E-state index in [4.69, 9.17) is 5.11 Å². The second-order valence-corrected chi connectivity index (χ2v) is 5.02. The molecular weight excluding hydrogens is 262 g/mol. The molecule has 0 unspecified atom stereocenters. The first-order chi connectivity index (χ1) is 9.32. The summed E-state index contributed by atoms with van der Waals surface area (Å²) in [6.45, 7) is 4.20. The summed E-state index contributed by atoms with van der Waals surface area (Å²) in [6, 6.07) is 2.65. The number of carboxylic acids is 1. The molecule has 7 heteroatoms. The fourth-order valence-electron chi connectivity index (χ4n) is 2.01. The lowest BCUT2D eigenvalue weighted by molar-refractivity contribution is 0.0691. The van der Waals surface area contributed by atoms with Crippen molar-refractivity contribution in [2.24, 2.45) is 13.0 Å². The third-order valence-corrected chi connectivity index (χ3v) is 2.95.